The highest BCUT2D eigenvalue weighted by atomic mass is 16.1. The summed E-state index contributed by atoms with van der Waals surface area (Å²) in [7, 11) is 0. The van der Waals surface area contributed by atoms with Crippen LogP contribution in [0.3, 0.4) is 0 Å². The smallest absolute Gasteiger partial charge is 0.160 e. The molecule has 0 bridgehead atoms. The molecule has 0 heterocycles. The van der Waals surface area contributed by atoms with Crippen LogP contribution in [0, 0.1) is 39.9 Å². The van der Waals surface area contributed by atoms with Gasteiger partial charge in [-0.05, 0) is 25.8 Å². The standard InChI is InChI=1S/C15H16N2O/c1-3-5-13-8-7-12(9-18)14(6-4-2)15(13,10-16)11-17/h3-7,9,13-14H,8H2,1-2H3/b5-3+,6-4+/t13-,14-/m1/s1. The van der Waals surface area contributed by atoms with Crippen molar-refractivity contribution in [1.29, 1.82) is 10.5 Å². The maximum Gasteiger partial charge on any atom is 0.160 e. The Morgan fingerprint density at radius 2 is 1.89 bits per heavy atom. The lowest BCUT2D eigenvalue weighted by atomic mass is 9.61. The molecule has 1 aliphatic carbocycles. The van der Waals surface area contributed by atoms with Gasteiger partial charge in [-0.2, -0.15) is 10.5 Å². The minimum atomic E-state index is -1.19. The van der Waals surface area contributed by atoms with Crippen LogP contribution in [0.5, 0.6) is 0 Å². The van der Waals surface area contributed by atoms with E-state index in [2.05, 4.69) is 12.1 Å². The van der Waals surface area contributed by atoms with Gasteiger partial charge < -0.3 is 0 Å². The van der Waals surface area contributed by atoms with Crippen LogP contribution in [0.15, 0.2) is 36.0 Å². The van der Waals surface area contributed by atoms with Gasteiger partial charge in [-0.15, -0.1) is 0 Å². The lowest BCUT2D eigenvalue weighted by Crippen LogP contribution is -2.38. The molecule has 1 rings (SSSR count). The molecule has 0 unspecified atom stereocenters. The monoisotopic (exact) mass is 240 g/mol. The van der Waals surface area contributed by atoms with E-state index in [4.69, 9.17) is 0 Å². The van der Waals surface area contributed by atoms with Gasteiger partial charge >= 0.3 is 0 Å². The predicted octanol–water partition coefficient (Wildman–Crippen LogP) is 2.93. The molecule has 0 N–H and O–H groups in total. The second-order valence-corrected chi connectivity index (χ2v) is 4.29. The zero-order chi connectivity index (χ0) is 13.6. The summed E-state index contributed by atoms with van der Waals surface area (Å²) >= 11 is 0. The number of carbonyl (C=O) groups is 1. The average molecular weight is 240 g/mol. The molecule has 18 heavy (non-hydrogen) atoms. The Labute approximate surface area is 108 Å². The molecular weight excluding hydrogens is 224 g/mol. The maximum absolute atomic E-state index is 11.1. The molecule has 0 saturated heterocycles. The van der Waals surface area contributed by atoms with E-state index in [-0.39, 0.29) is 5.92 Å². The number of hydrogen-bond acceptors (Lipinski definition) is 3. The van der Waals surface area contributed by atoms with Crippen molar-refractivity contribution in [2.24, 2.45) is 17.3 Å². The topological polar surface area (TPSA) is 64.7 Å². The van der Waals surface area contributed by atoms with Crippen LogP contribution in [-0.2, 0) is 4.79 Å². The van der Waals surface area contributed by atoms with Gasteiger partial charge in [0.1, 0.15) is 6.29 Å². The van der Waals surface area contributed by atoms with E-state index in [1.54, 1.807) is 12.2 Å². The lowest BCUT2D eigenvalue weighted by Gasteiger charge is -2.36. The number of allylic oxidation sites excluding steroid dienone is 6. The number of hydrogen-bond donors (Lipinski definition) is 0. The highest BCUT2D eigenvalue weighted by Crippen LogP contribution is 2.45. The van der Waals surface area contributed by atoms with Crippen molar-refractivity contribution in [2.75, 3.05) is 0 Å². The van der Waals surface area contributed by atoms with Crippen molar-refractivity contribution in [1.82, 2.24) is 0 Å². The Bertz CT molecular complexity index is 472. The first-order valence-electron chi connectivity index (χ1n) is 5.93. The molecule has 3 heteroatoms. The highest BCUT2D eigenvalue weighted by molar-refractivity contribution is 5.76. The number of carbonyl (C=O) groups excluding carboxylic acids is 1. The number of nitrogens with zero attached hydrogens (tertiary/aromatic N) is 2. The van der Waals surface area contributed by atoms with Crippen molar-refractivity contribution in [2.45, 2.75) is 20.3 Å². The Hall–Kier alpha value is -2.13. The maximum atomic E-state index is 11.1. The molecule has 0 amide bonds. The van der Waals surface area contributed by atoms with E-state index < -0.39 is 11.3 Å². The molecule has 0 fully saturated rings. The van der Waals surface area contributed by atoms with Gasteiger partial charge in [-0.3, -0.25) is 4.79 Å². The second-order valence-electron chi connectivity index (χ2n) is 4.29. The van der Waals surface area contributed by atoms with Crippen molar-refractivity contribution in [3.8, 4) is 12.1 Å². The van der Waals surface area contributed by atoms with Crippen molar-refractivity contribution < 1.29 is 4.79 Å². The quantitative estimate of drug-likeness (QED) is 0.562. The molecule has 92 valence electrons. The van der Waals surface area contributed by atoms with Gasteiger partial charge in [-0.25, -0.2) is 0 Å². The zero-order valence-corrected chi connectivity index (χ0v) is 10.6. The van der Waals surface area contributed by atoms with E-state index in [0.29, 0.717) is 12.0 Å². The first kappa shape index (κ1) is 13.9. The fraction of sp³-hybridized carbons (Fsp3) is 0.400. The number of rotatable bonds is 3. The molecule has 0 aromatic heterocycles. The largest absolute Gasteiger partial charge is 0.298 e. The Morgan fingerprint density at radius 3 is 2.33 bits per heavy atom. The van der Waals surface area contributed by atoms with Crippen LogP contribution < -0.4 is 0 Å². The average Bonchev–Trinajstić information content (AvgIpc) is 2.40. The van der Waals surface area contributed by atoms with E-state index >= 15 is 0 Å². The van der Waals surface area contributed by atoms with Crippen LogP contribution in [0.25, 0.3) is 0 Å². The van der Waals surface area contributed by atoms with Crippen molar-refractivity contribution in [3.63, 3.8) is 0 Å². The molecule has 0 aliphatic heterocycles. The van der Waals surface area contributed by atoms with Gasteiger partial charge in [0.25, 0.3) is 0 Å². The van der Waals surface area contributed by atoms with Crippen LogP contribution in [0.1, 0.15) is 20.3 Å². The molecule has 0 spiro atoms. The van der Waals surface area contributed by atoms with Crippen molar-refractivity contribution in [3.05, 3.63) is 36.0 Å². The van der Waals surface area contributed by atoms with E-state index in [1.165, 1.54) is 0 Å². The minimum absolute atomic E-state index is 0.178. The molecular formula is C15H16N2O. The summed E-state index contributed by atoms with van der Waals surface area (Å²) < 4.78 is 0. The molecule has 0 aromatic carbocycles. The van der Waals surface area contributed by atoms with E-state index in [0.717, 1.165) is 6.29 Å². The molecule has 0 radical (unpaired) electrons. The summed E-state index contributed by atoms with van der Waals surface area (Å²) in [6.45, 7) is 3.68. The van der Waals surface area contributed by atoms with Crippen molar-refractivity contribution >= 4 is 6.29 Å². The molecule has 3 nitrogen and oxygen atoms in total. The Balaban J connectivity index is 3.42. The summed E-state index contributed by atoms with van der Waals surface area (Å²) in [5, 5.41) is 18.9. The molecule has 1 aliphatic rings. The first-order chi connectivity index (χ1) is 8.69. The van der Waals surface area contributed by atoms with Crippen LogP contribution in [-0.4, -0.2) is 6.29 Å². The summed E-state index contributed by atoms with van der Waals surface area (Å²) in [4.78, 5) is 11.1. The highest BCUT2D eigenvalue weighted by Gasteiger charge is 2.47. The van der Waals surface area contributed by atoms with Crippen LogP contribution in [0.4, 0.5) is 0 Å². The third-order valence-corrected chi connectivity index (χ3v) is 3.36. The van der Waals surface area contributed by atoms with Gasteiger partial charge in [0.15, 0.2) is 5.41 Å². The summed E-state index contributed by atoms with van der Waals surface area (Å²) in [5.74, 6) is -0.632. The summed E-state index contributed by atoms with van der Waals surface area (Å²) in [6, 6.07) is 4.28. The van der Waals surface area contributed by atoms with Gasteiger partial charge in [0, 0.05) is 11.8 Å². The fourth-order valence-corrected chi connectivity index (χ4v) is 2.44. The second kappa shape index (κ2) is 5.98. The Kier molecular flexibility index (Phi) is 4.63. The lowest BCUT2D eigenvalue weighted by molar-refractivity contribution is -0.105. The summed E-state index contributed by atoms with van der Waals surface area (Å²) in [5.41, 5.74) is -0.666. The fourth-order valence-electron chi connectivity index (χ4n) is 2.44. The molecule has 0 saturated carbocycles. The molecule has 2 atom stereocenters. The third kappa shape index (κ3) is 2.13. The molecule has 0 aromatic rings. The normalized spacial score (nSPS) is 26.6. The van der Waals surface area contributed by atoms with Gasteiger partial charge in [0.05, 0.1) is 12.1 Å². The zero-order valence-electron chi connectivity index (χ0n) is 10.6. The number of aldehydes is 1. The van der Waals surface area contributed by atoms with Gasteiger partial charge in [-0.1, -0.05) is 30.4 Å². The first-order valence-corrected chi connectivity index (χ1v) is 5.93. The summed E-state index contributed by atoms with van der Waals surface area (Å²) in [6.07, 6.45) is 10.4. The Morgan fingerprint density at radius 1 is 1.28 bits per heavy atom. The minimum Gasteiger partial charge on any atom is -0.298 e. The van der Waals surface area contributed by atoms with E-state index in [1.807, 2.05) is 32.1 Å². The van der Waals surface area contributed by atoms with Crippen LogP contribution in [0.2, 0.25) is 0 Å². The van der Waals surface area contributed by atoms with Crippen LogP contribution >= 0.6 is 0 Å². The number of nitriles is 2. The SMILES string of the molecule is C/C=C/[C@@H]1CC=C(C=O)[C@@H](/C=C/C)C1(C#N)C#N. The van der Waals surface area contributed by atoms with Gasteiger partial charge in [0.2, 0.25) is 0 Å². The third-order valence-electron chi connectivity index (χ3n) is 3.36. The van der Waals surface area contributed by atoms with E-state index in [9.17, 15) is 15.3 Å². The predicted molar refractivity (Wildman–Crippen MR) is 69.0 cm³/mol.